The quantitative estimate of drug-likeness (QED) is 0.299. The van der Waals surface area contributed by atoms with Gasteiger partial charge in [-0.25, -0.2) is 9.59 Å². The lowest BCUT2D eigenvalue weighted by Crippen LogP contribution is -2.64. The van der Waals surface area contributed by atoms with Crippen molar-refractivity contribution in [3.05, 3.63) is 47.5 Å². The van der Waals surface area contributed by atoms with Gasteiger partial charge in [-0.1, -0.05) is 18.6 Å². The van der Waals surface area contributed by atoms with Crippen LogP contribution in [0.2, 0.25) is 0 Å². The summed E-state index contributed by atoms with van der Waals surface area (Å²) >= 11 is 0. The molecule has 210 valence electrons. The van der Waals surface area contributed by atoms with E-state index in [1.165, 1.54) is 6.08 Å². The second-order valence-corrected chi connectivity index (χ2v) is 11.8. The maximum absolute atomic E-state index is 13.9. The van der Waals surface area contributed by atoms with Crippen molar-refractivity contribution in [2.45, 2.75) is 78.6 Å². The van der Waals surface area contributed by atoms with E-state index < -0.39 is 58.9 Å². The molecule has 9 nitrogen and oxygen atoms in total. The van der Waals surface area contributed by atoms with Crippen LogP contribution in [0.3, 0.4) is 0 Å². The van der Waals surface area contributed by atoms with Gasteiger partial charge in [-0.05, 0) is 64.9 Å². The molecular formula is C30H36O9. The van der Waals surface area contributed by atoms with Gasteiger partial charge in [0.2, 0.25) is 0 Å². The number of fused-ring (bicyclic) bond motifs is 1. The first-order chi connectivity index (χ1) is 18.5. The molecule has 1 aromatic rings. The zero-order chi connectivity index (χ0) is 28.1. The van der Waals surface area contributed by atoms with Crippen molar-refractivity contribution in [2.75, 3.05) is 6.61 Å². The Balaban J connectivity index is 1.59. The van der Waals surface area contributed by atoms with Gasteiger partial charge in [-0.3, -0.25) is 9.59 Å². The van der Waals surface area contributed by atoms with E-state index in [9.17, 15) is 19.2 Å². The van der Waals surface area contributed by atoms with Crippen molar-refractivity contribution in [3.63, 3.8) is 0 Å². The van der Waals surface area contributed by atoms with Crippen molar-refractivity contribution >= 4 is 23.9 Å². The van der Waals surface area contributed by atoms with Crippen molar-refractivity contribution in [1.82, 2.24) is 0 Å². The van der Waals surface area contributed by atoms with Crippen LogP contribution in [0.4, 0.5) is 0 Å². The highest BCUT2D eigenvalue weighted by atomic mass is 16.6. The average Bonchev–Trinajstić information content (AvgIpc) is 3.61. The van der Waals surface area contributed by atoms with E-state index in [-0.39, 0.29) is 24.9 Å². The van der Waals surface area contributed by atoms with Gasteiger partial charge in [0.25, 0.3) is 0 Å². The average molecular weight is 541 g/mol. The minimum absolute atomic E-state index is 0.0488. The summed E-state index contributed by atoms with van der Waals surface area (Å²) in [7, 11) is 0. The fraction of sp³-hybridized carbons (Fsp3) is 0.600. The molecular weight excluding hydrogens is 504 g/mol. The first-order valence-electron chi connectivity index (χ1n) is 13.6. The molecule has 2 spiro atoms. The van der Waals surface area contributed by atoms with Crippen molar-refractivity contribution in [2.24, 2.45) is 28.6 Å². The molecule has 2 saturated carbocycles. The molecule has 0 radical (unpaired) electrons. The normalized spacial score (nSPS) is 37.4. The van der Waals surface area contributed by atoms with Gasteiger partial charge in [-0.2, -0.15) is 0 Å². The molecule has 0 aromatic carbocycles. The van der Waals surface area contributed by atoms with E-state index in [2.05, 4.69) is 0 Å². The molecule has 9 heteroatoms. The number of hydrogen-bond acceptors (Lipinski definition) is 9. The molecule has 3 heterocycles. The number of carbonyl (C=O) groups excluding carboxylic acids is 4. The van der Waals surface area contributed by atoms with Gasteiger partial charge in [0.15, 0.2) is 6.10 Å². The predicted molar refractivity (Wildman–Crippen MR) is 137 cm³/mol. The highest BCUT2D eigenvalue weighted by Crippen LogP contribution is 2.68. The molecule has 4 aliphatic rings. The molecule has 2 aliphatic carbocycles. The highest BCUT2D eigenvalue weighted by molar-refractivity contribution is 5.88. The number of esters is 4. The number of allylic oxidation sites excluding steroid dienone is 2. The van der Waals surface area contributed by atoms with E-state index in [0.717, 1.165) is 11.1 Å². The lowest BCUT2D eigenvalue weighted by atomic mass is 9.43. The number of hydrogen-bond donors (Lipinski definition) is 0. The monoisotopic (exact) mass is 540 g/mol. The molecule has 8 atom stereocenters. The lowest BCUT2D eigenvalue weighted by Gasteiger charge is -2.58. The Morgan fingerprint density at radius 2 is 1.92 bits per heavy atom. The maximum atomic E-state index is 13.9. The third kappa shape index (κ3) is 4.30. The molecule has 1 aromatic heterocycles. The number of furan rings is 1. The number of ether oxygens (including phenoxy) is 4. The van der Waals surface area contributed by atoms with Gasteiger partial charge in [0, 0.05) is 29.0 Å². The Hall–Kier alpha value is -3.36. The summed E-state index contributed by atoms with van der Waals surface area (Å²) in [5.41, 5.74) is 0.213. The summed E-state index contributed by atoms with van der Waals surface area (Å²) in [6.45, 7) is 9.06. The van der Waals surface area contributed by atoms with Crippen LogP contribution in [0.25, 0.3) is 0 Å². The second kappa shape index (κ2) is 9.99. The second-order valence-electron chi connectivity index (χ2n) is 11.8. The minimum Gasteiger partial charge on any atom is -0.472 e. The molecule has 2 aliphatic heterocycles. The molecule has 0 bridgehead atoms. The molecule has 4 fully saturated rings. The van der Waals surface area contributed by atoms with Crippen LogP contribution in [0, 0.1) is 28.6 Å². The SMILES string of the molecule is C/C=C(/C)C(=O)O[C@@H]1C[C@H]2[C@]3(CC[C@@H](C)[C@]24C[C@H](c2ccoc2)OC4=O)COC(=O)[C@@H]3[C@@H]1OC(=O)C=C(C)C. The Bertz CT molecular complexity index is 1220. The van der Waals surface area contributed by atoms with Crippen molar-refractivity contribution in [1.29, 1.82) is 0 Å². The van der Waals surface area contributed by atoms with Crippen LogP contribution in [0.1, 0.15) is 72.0 Å². The predicted octanol–water partition coefficient (Wildman–Crippen LogP) is 4.62. The highest BCUT2D eigenvalue weighted by Gasteiger charge is 2.74. The summed E-state index contributed by atoms with van der Waals surface area (Å²) in [6.07, 6.45) is 5.58. The minimum atomic E-state index is -1.04. The molecule has 0 amide bonds. The van der Waals surface area contributed by atoms with Gasteiger partial charge >= 0.3 is 23.9 Å². The first-order valence-corrected chi connectivity index (χ1v) is 13.6. The van der Waals surface area contributed by atoms with Crippen LogP contribution in [0.15, 0.2) is 46.3 Å². The summed E-state index contributed by atoms with van der Waals surface area (Å²) in [4.78, 5) is 53.1. The number of rotatable bonds is 5. The summed E-state index contributed by atoms with van der Waals surface area (Å²) in [5.74, 6) is -3.31. The van der Waals surface area contributed by atoms with Gasteiger partial charge in [0.1, 0.15) is 18.1 Å². The van der Waals surface area contributed by atoms with E-state index >= 15 is 0 Å². The molecule has 0 unspecified atom stereocenters. The van der Waals surface area contributed by atoms with Crippen LogP contribution in [0.5, 0.6) is 0 Å². The number of carbonyl (C=O) groups is 4. The van der Waals surface area contributed by atoms with Crippen LogP contribution >= 0.6 is 0 Å². The third-order valence-corrected chi connectivity index (χ3v) is 9.50. The zero-order valence-corrected chi connectivity index (χ0v) is 23.1. The standard InChI is InChI=1S/C30H36O9/c1-6-17(4)26(32)37-20-12-22-29(15-36-27(33)24(29)25(20)39-23(31)11-16(2)3)9-7-18(5)30(22)13-21(38-28(30)34)19-8-10-35-14-19/h6,8,10-11,14,18,20-22,24-25H,7,9,12-13,15H2,1-5H3/b17-6-/t18-,20-,21-,22+,24+,25-,29+,30-/m1/s1. The van der Waals surface area contributed by atoms with E-state index in [4.69, 9.17) is 23.4 Å². The van der Waals surface area contributed by atoms with E-state index in [1.807, 2.05) is 6.92 Å². The van der Waals surface area contributed by atoms with E-state index in [0.29, 0.717) is 24.8 Å². The first kappa shape index (κ1) is 27.2. The third-order valence-electron chi connectivity index (χ3n) is 9.50. The maximum Gasteiger partial charge on any atom is 0.333 e. The van der Waals surface area contributed by atoms with Crippen LogP contribution < -0.4 is 0 Å². The summed E-state index contributed by atoms with van der Waals surface area (Å²) < 4.78 is 28.8. The van der Waals surface area contributed by atoms with Crippen molar-refractivity contribution < 1.29 is 42.5 Å². The molecule has 5 rings (SSSR count). The molecule has 39 heavy (non-hydrogen) atoms. The summed E-state index contributed by atoms with van der Waals surface area (Å²) in [5, 5.41) is 0. The Labute approximate surface area is 227 Å². The molecule has 2 saturated heterocycles. The van der Waals surface area contributed by atoms with Crippen LogP contribution in [-0.2, 0) is 38.1 Å². The Kier molecular flexibility index (Phi) is 6.97. The fourth-order valence-electron chi connectivity index (χ4n) is 7.44. The Morgan fingerprint density at radius 3 is 2.59 bits per heavy atom. The lowest BCUT2D eigenvalue weighted by molar-refractivity contribution is -0.210. The van der Waals surface area contributed by atoms with Gasteiger partial charge in [-0.15, -0.1) is 0 Å². The van der Waals surface area contributed by atoms with Gasteiger partial charge in [0.05, 0.1) is 24.5 Å². The zero-order valence-electron chi connectivity index (χ0n) is 23.1. The van der Waals surface area contributed by atoms with Crippen molar-refractivity contribution in [3.8, 4) is 0 Å². The topological polar surface area (TPSA) is 118 Å². The molecule has 0 N–H and O–H groups in total. The number of cyclic esters (lactones) is 2. The van der Waals surface area contributed by atoms with E-state index in [1.54, 1.807) is 52.4 Å². The smallest absolute Gasteiger partial charge is 0.333 e. The fourth-order valence-corrected chi connectivity index (χ4v) is 7.44. The Morgan fingerprint density at radius 1 is 1.15 bits per heavy atom. The summed E-state index contributed by atoms with van der Waals surface area (Å²) in [6, 6.07) is 1.79. The van der Waals surface area contributed by atoms with Crippen LogP contribution in [-0.4, -0.2) is 42.7 Å². The largest absolute Gasteiger partial charge is 0.472 e. The van der Waals surface area contributed by atoms with Gasteiger partial charge < -0.3 is 23.4 Å².